The molecule has 1 aromatic carbocycles. The monoisotopic (exact) mass is 894 g/mol. The first kappa shape index (κ1) is 51.2. The minimum absolute atomic E-state index is 0.0125. The van der Waals surface area contributed by atoms with Crippen molar-refractivity contribution in [3.8, 4) is 11.3 Å². The maximum Gasteiger partial charge on any atom is 0.410 e. The van der Waals surface area contributed by atoms with Crippen molar-refractivity contribution in [1.82, 2.24) is 30.1 Å². The van der Waals surface area contributed by atoms with Crippen molar-refractivity contribution in [2.45, 2.75) is 154 Å². The van der Waals surface area contributed by atoms with E-state index < -0.39 is 71.5 Å². The van der Waals surface area contributed by atoms with Gasteiger partial charge in [0, 0.05) is 67.9 Å². The van der Waals surface area contributed by atoms with Gasteiger partial charge in [-0.25, -0.2) is 4.79 Å². The van der Waals surface area contributed by atoms with Crippen LogP contribution in [0.15, 0.2) is 30.5 Å². The van der Waals surface area contributed by atoms with Crippen LogP contribution in [0.25, 0.3) is 11.3 Å². The molecule has 5 rings (SSSR count). The summed E-state index contributed by atoms with van der Waals surface area (Å²) in [6, 6.07) is 6.46. The number of rotatable bonds is 11. The molecule has 1 amide bonds. The lowest BCUT2D eigenvalue weighted by Crippen LogP contribution is -2.61. The van der Waals surface area contributed by atoms with E-state index in [1.807, 2.05) is 84.1 Å². The van der Waals surface area contributed by atoms with Crippen molar-refractivity contribution in [2.24, 2.45) is 17.8 Å². The third-order valence-corrected chi connectivity index (χ3v) is 12.8. The lowest BCUT2D eigenvalue weighted by atomic mass is 9.78. The van der Waals surface area contributed by atoms with E-state index in [4.69, 9.17) is 29.4 Å². The van der Waals surface area contributed by atoms with Gasteiger partial charge in [-0.15, -0.1) is 5.10 Å². The Morgan fingerprint density at radius 3 is 2.42 bits per heavy atom. The number of methoxy groups -OCH3 is 1. The van der Waals surface area contributed by atoms with Crippen molar-refractivity contribution < 1.29 is 47.1 Å². The van der Waals surface area contributed by atoms with Gasteiger partial charge in [0.2, 0.25) is 0 Å². The highest BCUT2D eigenvalue weighted by Gasteiger charge is 2.58. The fraction of sp³-hybridized carbons (Fsp3) is 0.750. The van der Waals surface area contributed by atoms with Crippen molar-refractivity contribution >= 4 is 35.7 Å². The number of esters is 1. The van der Waals surface area contributed by atoms with E-state index in [1.54, 1.807) is 23.6 Å². The molecule has 16 nitrogen and oxygen atoms in total. The number of amides is 1. The number of carbonyl (C=O) groups excluding carboxylic acids is 3. The van der Waals surface area contributed by atoms with Gasteiger partial charge in [-0.05, 0) is 105 Å². The van der Waals surface area contributed by atoms with E-state index in [2.05, 4.69) is 22.6 Å². The molecular formula is C44H72FN7O9S. The van der Waals surface area contributed by atoms with E-state index in [0.717, 1.165) is 11.3 Å². The molecule has 3 aliphatic rings. The summed E-state index contributed by atoms with van der Waals surface area (Å²) in [5, 5.41) is 23.7. The first-order valence-electron chi connectivity index (χ1n) is 21.8. The number of aromatic nitrogens is 3. The molecule has 1 aromatic heterocycles. The highest BCUT2D eigenvalue weighted by atomic mass is 32.2. The van der Waals surface area contributed by atoms with E-state index in [0.29, 0.717) is 57.4 Å². The van der Waals surface area contributed by atoms with Crippen LogP contribution < -0.4 is 11.1 Å². The van der Waals surface area contributed by atoms with Gasteiger partial charge in [0.05, 0.1) is 30.0 Å². The SMILES string of the molecule is CC[C@H]1OC(=O)[C@H](C)C(=O)[C@H](C)[C@@H](O[C@@H]2O[C@H](C)CC(N(C)C)C2O)[C@](C)(OC)C[C@@H](C)CN[C@H](C)[C@H]2N(CCCCn3cc(-c4cccc(N)c4)nn3)C(=O)O[C@]12C.CSF. The average Bonchev–Trinajstić information content (AvgIpc) is 3.80. The molecule has 2 unspecified atom stereocenters. The number of halogens is 1. The molecule has 0 spiro atoms. The number of nitrogen functional groups attached to an aromatic ring is 1. The maximum atomic E-state index is 14.4. The van der Waals surface area contributed by atoms with Crippen LogP contribution in [0.3, 0.4) is 0 Å². The molecule has 0 saturated carbocycles. The normalized spacial score (nSPS) is 35.0. The van der Waals surface area contributed by atoms with Gasteiger partial charge in [-0.2, -0.15) is 3.89 Å². The van der Waals surface area contributed by atoms with Gasteiger partial charge in [-0.1, -0.05) is 38.1 Å². The van der Waals surface area contributed by atoms with Crippen LogP contribution in [0.5, 0.6) is 0 Å². The number of nitrogens with two attached hydrogens (primary N) is 1. The van der Waals surface area contributed by atoms with Crippen LogP contribution in [-0.4, -0.2) is 148 Å². The Hall–Kier alpha value is -3.39. The van der Waals surface area contributed by atoms with Crippen molar-refractivity contribution in [3.63, 3.8) is 0 Å². The zero-order chi connectivity index (χ0) is 46.1. The van der Waals surface area contributed by atoms with Crippen molar-refractivity contribution in [3.05, 3.63) is 30.5 Å². The van der Waals surface area contributed by atoms with Crippen LogP contribution in [-0.2, 0) is 39.8 Å². The molecule has 0 bridgehead atoms. The number of nitrogens with one attached hydrogen (secondary N) is 1. The number of aliphatic hydroxyl groups is 1. The number of likely N-dealkylation sites (N-methyl/N-ethyl adjacent to an activating group) is 1. The van der Waals surface area contributed by atoms with Gasteiger partial charge >= 0.3 is 12.1 Å². The van der Waals surface area contributed by atoms with Crippen molar-refractivity contribution in [2.75, 3.05) is 46.3 Å². The number of hydrogen-bond donors (Lipinski definition) is 3. The molecule has 62 heavy (non-hydrogen) atoms. The smallest absolute Gasteiger partial charge is 0.410 e. The number of aliphatic hydroxyl groups excluding tert-OH is 1. The second-order valence-corrected chi connectivity index (χ2v) is 18.3. The maximum absolute atomic E-state index is 14.4. The molecular weight excluding hydrogens is 822 g/mol. The summed E-state index contributed by atoms with van der Waals surface area (Å²) >= 11 is 0.250. The largest absolute Gasteiger partial charge is 0.458 e. The number of fused-ring (bicyclic) bond motifs is 1. The summed E-state index contributed by atoms with van der Waals surface area (Å²) in [6.45, 7) is 16.4. The summed E-state index contributed by atoms with van der Waals surface area (Å²) in [5.41, 5.74) is 5.95. The molecule has 3 saturated heterocycles. The molecule has 4 heterocycles. The molecule has 2 aromatic rings. The lowest BCUT2D eigenvalue weighted by Gasteiger charge is -2.46. The Labute approximate surface area is 371 Å². The van der Waals surface area contributed by atoms with E-state index in [-0.39, 0.29) is 36.3 Å². The molecule has 13 atom stereocenters. The van der Waals surface area contributed by atoms with Gasteiger partial charge < -0.3 is 44.7 Å². The summed E-state index contributed by atoms with van der Waals surface area (Å²) < 4.78 is 43.5. The van der Waals surface area contributed by atoms with Crippen LogP contribution in [0.2, 0.25) is 0 Å². The fourth-order valence-corrected chi connectivity index (χ4v) is 9.45. The lowest BCUT2D eigenvalue weighted by molar-refractivity contribution is -0.295. The number of ketones is 1. The highest BCUT2D eigenvalue weighted by molar-refractivity contribution is 7.93. The summed E-state index contributed by atoms with van der Waals surface area (Å²) in [5.74, 6) is -3.16. The van der Waals surface area contributed by atoms with Crippen LogP contribution in [0.1, 0.15) is 87.5 Å². The fourth-order valence-electron chi connectivity index (χ4n) is 9.45. The molecule has 0 aliphatic carbocycles. The third-order valence-electron chi connectivity index (χ3n) is 12.8. The Bertz CT molecular complexity index is 1780. The number of ether oxygens (including phenoxy) is 5. The molecule has 4 N–H and O–H groups in total. The Kier molecular flexibility index (Phi) is 18.6. The van der Waals surface area contributed by atoms with Crippen LogP contribution >= 0.6 is 12.1 Å². The second kappa shape index (κ2) is 22.5. The number of cyclic esters (lactones) is 1. The van der Waals surface area contributed by atoms with Gasteiger partial charge in [0.15, 0.2) is 17.7 Å². The molecule has 0 radical (unpaired) electrons. The highest BCUT2D eigenvalue weighted by Crippen LogP contribution is 2.40. The molecule has 18 heteroatoms. The summed E-state index contributed by atoms with van der Waals surface area (Å²) in [6.07, 6.45) is 1.57. The van der Waals surface area contributed by atoms with Crippen LogP contribution in [0, 0.1) is 17.8 Å². The quantitative estimate of drug-likeness (QED) is 0.111. The number of Topliss-reactive ketones (excluding diaryl/α,β-unsaturated/α-hetero) is 1. The molecule has 3 aliphatic heterocycles. The van der Waals surface area contributed by atoms with E-state index >= 15 is 0 Å². The van der Waals surface area contributed by atoms with Gasteiger partial charge in [0.25, 0.3) is 0 Å². The number of benzene rings is 1. The first-order valence-corrected chi connectivity index (χ1v) is 23.0. The third kappa shape index (κ3) is 12.0. The van der Waals surface area contributed by atoms with Gasteiger partial charge in [-0.3, -0.25) is 19.2 Å². The van der Waals surface area contributed by atoms with Crippen molar-refractivity contribution in [1.29, 1.82) is 0 Å². The number of aryl methyl sites for hydroxylation is 1. The van der Waals surface area contributed by atoms with Crippen LogP contribution in [0.4, 0.5) is 14.4 Å². The number of anilines is 1. The summed E-state index contributed by atoms with van der Waals surface area (Å²) in [4.78, 5) is 45.9. The Morgan fingerprint density at radius 2 is 1.79 bits per heavy atom. The zero-order valence-electron chi connectivity index (χ0n) is 38.7. The second-order valence-electron chi connectivity index (χ2n) is 17.9. The van der Waals surface area contributed by atoms with Gasteiger partial charge in [0.1, 0.15) is 23.8 Å². The zero-order valence-corrected chi connectivity index (χ0v) is 39.5. The predicted octanol–water partition coefficient (Wildman–Crippen LogP) is 5.52. The average molecular weight is 894 g/mol. The Balaban J connectivity index is 0.00000273. The number of hydrogen-bond acceptors (Lipinski definition) is 15. The standard InChI is InChI=1S/C43H69N7O9.CH3FS/c1-12-34-43(8)37(50(41(54)59-43)19-14-13-18-49-24-32(46-47-49)30-16-15-17-31(44)21-30)29(6)45-23-25(2)22-42(7,55-11)38(27(4)35(51)28(5)39(53)57-34)58-40-36(52)33(48(9)10)20-26(3)56-40;1-3-2/h15-17,21,24-29,33-34,36-38,40,45,52H,12-14,18-20,22-23,44H2,1-11H3;1H3/t25-,26-,27+,28-,29-,33?,34-,36?,37-,38-,40+,42-,43-;/m1./s1. The first-order chi connectivity index (χ1) is 29.2. The minimum atomic E-state index is -1.23. The van der Waals surface area contributed by atoms with E-state index in [1.165, 1.54) is 13.2 Å². The Morgan fingerprint density at radius 1 is 1.11 bits per heavy atom. The number of nitrogens with zero attached hydrogens (tertiary/aromatic N) is 5. The number of carbonyl (C=O) groups is 3. The minimum Gasteiger partial charge on any atom is -0.458 e. The topological polar surface area (TPSA) is 193 Å². The number of unbranched alkanes of at least 4 members (excludes halogenated alkanes) is 1. The predicted molar refractivity (Wildman–Crippen MR) is 237 cm³/mol. The van der Waals surface area contributed by atoms with E-state index in [9.17, 15) is 23.4 Å². The summed E-state index contributed by atoms with van der Waals surface area (Å²) in [7, 11) is 5.39. The molecule has 350 valence electrons. The molecule has 3 fully saturated rings.